The van der Waals surface area contributed by atoms with E-state index in [1.54, 1.807) is 18.2 Å². The number of ether oxygens (including phenoxy) is 3. The topological polar surface area (TPSA) is 85.9 Å². The summed E-state index contributed by atoms with van der Waals surface area (Å²) in [6, 6.07) is 14.2. The molecule has 2 amide bonds. The highest BCUT2D eigenvalue weighted by molar-refractivity contribution is 5.96. The van der Waals surface area contributed by atoms with Gasteiger partial charge in [-0.3, -0.25) is 20.4 Å². The molecule has 0 radical (unpaired) electrons. The number of carbonyl (C=O) groups is 2. The van der Waals surface area contributed by atoms with Crippen LogP contribution in [0.5, 0.6) is 17.2 Å². The molecule has 0 unspecified atom stereocenters. The van der Waals surface area contributed by atoms with Gasteiger partial charge in [0.05, 0.1) is 19.8 Å². The van der Waals surface area contributed by atoms with E-state index in [0.29, 0.717) is 30.1 Å². The molecule has 0 saturated carbocycles. The fraction of sp³-hybridized carbons (Fsp3) is 0.333. The minimum Gasteiger partial charge on any atom is -0.494 e. The number of benzene rings is 2. The van der Waals surface area contributed by atoms with Crippen molar-refractivity contribution in [2.24, 2.45) is 0 Å². The number of carbonyl (C=O) groups excluding carboxylic acids is 2. The predicted octanol–water partition coefficient (Wildman–Crippen LogP) is 3.10. The number of methoxy groups -OCH3 is 1. The lowest BCUT2D eigenvalue weighted by atomic mass is 10.2. The highest BCUT2D eigenvalue weighted by Crippen LogP contribution is 2.28. The SMILES string of the molecule is COc1cc(C(=O)NNC(=O)CCCOc2ccccc2)ccc1OC(C)C. The van der Waals surface area contributed by atoms with Gasteiger partial charge in [-0.15, -0.1) is 0 Å². The molecule has 0 aliphatic rings. The first-order valence-electron chi connectivity index (χ1n) is 9.11. The Morgan fingerprint density at radius 3 is 2.43 bits per heavy atom. The second kappa shape index (κ2) is 10.8. The van der Waals surface area contributed by atoms with Gasteiger partial charge in [0.15, 0.2) is 11.5 Å². The molecule has 0 aromatic heterocycles. The van der Waals surface area contributed by atoms with Crippen LogP contribution in [0.4, 0.5) is 0 Å². The van der Waals surface area contributed by atoms with Crippen LogP contribution in [0, 0.1) is 0 Å². The molecule has 7 heteroatoms. The van der Waals surface area contributed by atoms with Gasteiger partial charge in [-0.2, -0.15) is 0 Å². The van der Waals surface area contributed by atoms with Crippen molar-refractivity contribution in [3.8, 4) is 17.2 Å². The van der Waals surface area contributed by atoms with Crippen molar-refractivity contribution >= 4 is 11.8 Å². The molecule has 2 N–H and O–H groups in total. The number of hydrazine groups is 1. The van der Waals surface area contributed by atoms with Gasteiger partial charge in [-0.1, -0.05) is 18.2 Å². The molecule has 0 heterocycles. The average Bonchev–Trinajstić information content (AvgIpc) is 2.70. The zero-order chi connectivity index (χ0) is 20.4. The number of amides is 2. The minimum absolute atomic E-state index is 0.0151. The van der Waals surface area contributed by atoms with E-state index in [1.807, 2.05) is 44.2 Å². The summed E-state index contributed by atoms with van der Waals surface area (Å²) >= 11 is 0. The van der Waals surface area contributed by atoms with Crippen molar-refractivity contribution in [1.82, 2.24) is 10.9 Å². The van der Waals surface area contributed by atoms with E-state index in [2.05, 4.69) is 10.9 Å². The van der Waals surface area contributed by atoms with E-state index in [0.717, 1.165) is 5.75 Å². The number of rotatable bonds is 9. The summed E-state index contributed by atoms with van der Waals surface area (Å²) in [5.41, 5.74) is 5.14. The summed E-state index contributed by atoms with van der Waals surface area (Å²) in [7, 11) is 1.50. The Bertz CT molecular complexity index is 778. The molecule has 150 valence electrons. The maximum Gasteiger partial charge on any atom is 0.269 e. The van der Waals surface area contributed by atoms with Gasteiger partial charge >= 0.3 is 0 Å². The van der Waals surface area contributed by atoms with Crippen LogP contribution in [0.15, 0.2) is 48.5 Å². The average molecular weight is 386 g/mol. The summed E-state index contributed by atoms with van der Waals surface area (Å²) < 4.78 is 16.4. The Kier molecular flexibility index (Phi) is 8.14. The molecule has 0 spiro atoms. The van der Waals surface area contributed by atoms with Crippen LogP contribution >= 0.6 is 0 Å². The van der Waals surface area contributed by atoms with Crippen molar-refractivity contribution in [2.45, 2.75) is 32.8 Å². The quantitative estimate of drug-likeness (QED) is 0.511. The molecule has 28 heavy (non-hydrogen) atoms. The van der Waals surface area contributed by atoms with E-state index in [4.69, 9.17) is 14.2 Å². The zero-order valence-electron chi connectivity index (χ0n) is 16.4. The van der Waals surface area contributed by atoms with E-state index in [9.17, 15) is 9.59 Å². The molecule has 0 bridgehead atoms. The van der Waals surface area contributed by atoms with Gasteiger partial charge in [-0.25, -0.2) is 0 Å². The summed E-state index contributed by atoms with van der Waals surface area (Å²) in [5, 5.41) is 0. The Morgan fingerprint density at radius 1 is 1.00 bits per heavy atom. The first-order valence-corrected chi connectivity index (χ1v) is 9.11. The molecule has 0 aliphatic carbocycles. The lowest BCUT2D eigenvalue weighted by Crippen LogP contribution is -2.41. The molecule has 0 fully saturated rings. The molecule has 2 rings (SSSR count). The van der Waals surface area contributed by atoms with E-state index in [-0.39, 0.29) is 18.4 Å². The monoisotopic (exact) mass is 386 g/mol. The van der Waals surface area contributed by atoms with Gasteiger partial charge in [0.2, 0.25) is 5.91 Å². The van der Waals surface area contributed by atoms with Crippen LogP contribution in [-0.2, 0) is 4.79 Å². The van der Waals surface area contributed by atoms with Gasteiger partial charge < -0.3 is 14.2 Å². The van der Waals surface area contributed by atoms with Crippen LogP contribution in [0.2, 0.25) is 0 Å². The Balaban J connectivity index is 1.75. The molecule has 0 aliphatic heterocycles. The van der Waals surface area contributed by atoms with Gasteiger partial charge in [0, 0.05) is 12.0 Å². The van der Waals surface area contributed by atoms with Crippen molar-refractivity contribution in [1.29, 1.82) is 0 Å². The second-order valence-corrected chi connectivity index (χ2v) is 6.30. The molecule has 2 aromatic carbocycles. The smallest absolute Gasteiger partial charge is 0.269 e. The summed E-state index contributed by atoms with van der Waals surface area (Å²) in [5.74, 6) is 1.03. The van der Waals surface area contributed by atoms with E-state index < -0.39 is 5.91 Å². The third-order valence-corrected chi connectivity index (χ3v) is 3.66. The second-order valence-electron chi connectivity index (χ2n) is 6.30. The standard InChI is InChI=1S/C21H26N2O5/c1-15(2)28-18-12-11-16(14-19(18)26-3)21(25)23-22-20(24)10-7-13-27-17-8-5-4-6-9-17/h4-6,8-9,11-12,14-15H,7,10,13H2,1-3H3,(H,22,24)(H,23,25). The minimum atomic E-state index is -0.441. The number of para-hydroxylation sites is 1. The lowest BCUT2D eigenvalue weighted by molar-refractivity contribution is -0.122. The van der Waals surface area contributed by atoms with Gasteiger partial charge in [0.1, 0.15) is 5.75 Å². The Labute approximate surface area is 165 Å². The zero-order valence-corrected chi connectivity index (χ0v) is 16.4. The lowest BCUT2D eigenvalue weighted by Gasteiger charge is -2.14. The molecule has 0 saturated heterocycles. The van der Waals surface area contributed by atoms with Crippen molar-refractivity contribution in [2.75, 3.05) is 13.7 Å². The summed E-state index contributed by atoms with van der Waals surface area (Å²) in [6.45, 7) is 4.22. The van der Waals surface area contributed by atoms with Crippen molar-refractivity contribution in [3.63, 3.8) is 0 Å². The maximum absolute atomic E-state index is 12.2. The molecule has 7 nitrogen and oxygen atoms in total. The number of nitrogens with one attached hydrogen (secondary N) is 2. The third kappa shape index (κ3) is 6.83. The fourth-order valence-electron chi connectivity index (χ4n) is 2.36. The van der Waals surface area contributed by atoms with Crippen LogP contribution in [0.1, 0.15) is 37.0 Å². The molecular weight excluding hydrogens is 360 g/mol. The summed E-state index contributed by atoms with van der Waals surface area (Å²) in [4.78, 5) is 24.1. The number of hydrogen-bond donors (Lipinski definition) is 2. The predicted molar refractivity (Wildman–Crippen MR) is 106 cm³/mol. The summed E-state index contributed by atoms with van der Waals surface area (Å²) in [6.07, 6.45) is 0.752. The van der Waals surface area contributed by atoms with Gasteiger partial charge in [0.25, 0.3) is 5.91 Å². The van der Waals surface area contributed by atoms with E-state index in [1.165, 1.54) is 7.11 Å². The highest BCUT2D eigenvalue weighted by atomic mass is 16.5. The highest BCUT2D eigenvalue weighted by Gasteiger charge is 2.13. The number of hydrogen-bond acceptors (Lipinski definition) is 5. The van der Waals surface area contributed by atoms with Crippen LogP contribution in [-0.4, -0.2) is 31.6 Å². The first-order chi connectivity index (χ1) is 13.5. The fourth-order valence-corrected chi connectivity index (χ4v) is 2.36. The third-order valence-electron chi connectivity index (χ3n) is 3.66. The Hall–Kier alpha value is -3.22. The van der Waals surface area contributed by atoms with Crippen LogP contribution < -0.4 is 25.1 Å². The largest absolute Gasteiger partial charge is 0.494 e. The molecular formula is C21H26N2O5. The van der Waals surface area contributed by atoms with Crippen LogP contribution in [0.3, 0.4) is 0 Å². The molecule has 2 aromatic rings. The molecule has 0 atom stereocenters. The van der Waals surface area contributed by atoms with Crippen molar-refractivity contribution < 1.29 is 23.8 Å². The van der Waals surface area contributed by atoms with E-state index >= 15 is 0 Å². The Morgan fingerprint density at radius 2 is 1.75 bits per heavy atom. The normalized spacial score (nSPS) is 10.3. The maximum atomic E-state index is 12.2. The first kappa shape index (κ1) is 21.1. The van der Waals surface area contributed by atoms with Crippen LogP contribution in [0.25, 0.3) is 0 Å². The van der Waals surface area contributed by atoms with Crippen molar-refractivity contribution in [3.05, 3.63) is 54.1 Å². The van der Waals surface area contributed by atoms with Gasteiger partial charge in [-0.05, 0) is 50.6 Å².